The molecule has 0 unspecified atom stereocenters. The van der Waals surface area contributed by atoms with Gasteiger partial charge in [-0.3, -0.25) is 4.98 Å². The molecule has 0 amide bonds. The first-order valence-corrected chi connectivity index (χ1v) is 11.7. The topological polar surface area (TPSA) is 87.8 Å². The van der Waals surface area contributed by atoms with Crippen LogP contribution in [0, 0.1) is 17.1 Å². The second-order valence-corrected chi connectivity index (χ2v) is 10.0. The Hall–Kier alpha value is -2.83. The number of alkyl halides is 1. The fourth-order valence-corrected chi connectivity index (χ4v) is 5.50. The number of nitriles is 1. The number of rotatable bonds is 6. The Balaban J connectivity index is 1.60. The maximum absolute atomic E-state index is 13.9. The highest BCUT2D eigenvalue weighted by molar-refractivity contribution is 7.89. The van der Waals surface area contributed by atoms with E-state index >= 15 is 0 Å². The molecule has 1 N–H and O–H groups in total. The van der Waals surface area contributed by atoms with E-state index in [0.29, 0.717) is 35.2 Å². The molecular formula is C22H20F2N4O2S. The van der Waals surface area contributed by atoms with Crippen LogP contribution in [0.3, 0.4) is 0 Å². The molecule has 0 bridgehead atoms. The maximum atomic E-state index is 13.9. The van der Waals surface area contributed by atoms with Crippen molar-refractivity contribution in [2.24, 2.45) is 0 Å². The number of fused-ring (bicyclic) bond motifs is 1. The highest BCUT2D eigenvalue weighted by Gasteiger charge is 2.46. The van der Waals surface area contributed by atoms with Crippen molar-refractivity contribution in [3.05, 3.63) is 47.9 Å². The minimum Gasteiger partial charge on any atom is -0.335 e. The van der Waals surface area contributed by atoms with Crippen molar-refractivity contribution in [2.75, 3.05) is 6.67 Å². The first-order chi connectivity index (χ1) is 14.9. The van der Waals surface area contributed by atoms with Crippen LogP contribution in [0.15, 0.2) is 41.4 Å². The summed E-state index contributed by atoms with van der Waals surface area (Å²) in [7, 11) is -3.91. The smallest absolute Gasteiger partial charge is 0.242 e. The lowest BCUT2D eigenvalue weighted by Gasteiger charge is -2.30. The number of nitrogens with zero attached hydrogens (tertiary/aromatic N) is 3. The second kappa shape index (κ2) is 7.11. The minimum absolute atomic E-state index is 0.0631. The lowest BCUT2D eigenvalue weighted by Crippen LogP contribution is -2.38. The van der Waals surface area contributed by atoms with Crippen LogP contribution in [0.1, 0.15) is 43.7 Å². The van der Waals surface area contributed by atoms with Gasteiger partial charge in [-0.1, -0.05) is 0 Å². The Morgan fingerprint density at radius 2 is 2.03 bits per heavy atom. The quantitative estimate of drug-likeness (QED) is 0.619. The first kappa shape index (κ1) is 20.1. The zero-order valence-electron chi connectivity index (χ0n) is 16.6. The van der Waals surface area contributed by atoms with Crippen LogP contribution in [0.25, 0.3) is 22.3 Å². The highest BCUT2D eigenvalue weighted by Crippen LogP contribution is 2.42. The number of aromatic nitrogens is 2. The zero-order chi connectivity index (χ0) is 21.8. The lowest BCUT2D eigenvalue weighted by molar-refractivity contribution is 0.324. The molecular weight excluding hydrogens is 422 g/mol. The molecule has 6 nitrogen and oxygen atoms in total. The highest BCUT2D eigenvalue weighted by atomic mass is 32.2. The van der Waals surface area contributed by atoms with Crippen molar-refractivity contribution in [3.8, 4) is 17.5 Å². The molecule has 3 aromatic rings. The summed E-state index contributed by atoms with van der Waals surface area (Å²) in [6.45, 7) is -0.749. The molecule has 0 radical (unpaired) electrons. The number of hydrogen-bond acceptors (Lipinski definition) is 4. The molecule has 2 heterocycles. The summed E-state index contributed by atoms with van der Waals surface area (Å²) in [6, 6.07) is 9.70. The summed E-state index contributed by atoms with van der Waals surface area (Å²) in [5.41, 5.74) is 1.08. The summed E-state index contributed by atoms with van der Waals surface area (Å²) in [6.07, 6.45) is 5.12. The van der Waals surface area contributed by atoms with E-state index in [4.69, 9.17) is 0 Å². The average Bonchev–Trinajstić information content (AvgIpc) is 3.41. The molecule has 9 heteroatoms. The van der Waals surface area contributed by atoms with Crippen molar-refractivity contribution in [1.82, 2.24) is 14.3 Å². The number of halogens is 2. The van der Waals surface area contributed by atoms with Crippen LogP contribution < -0.4 is 4.72 Å². The third-order valence-corrected chi connectivity index (χ3v) is 7.83. The van der Waals surface area contributed by atoms with Crippen LogP contribution >= 0.6 is 0 Å². The summed E-state index contributed by atoms with van der Waals surface area (Å²) >= 11 is 0. The van der Waals surface area contributed by atoms with E-state index in [9.17, 15) is 22.5 Å². The molecule has 1 aromatic carbocycles. The molecule has 0 spiro atoms. The van der Waals surface area contributed by atoms with Gasteiger partial charge in [0.25, 0.3) is 0 Å². The van der Waals surface area contributed by atoms with Gasteiger partial charge in [0.05, 0.1) is 28.0 Å². The largest absolute Gasteiger partial charge is 0.335 e. The second-order valence-electron chi connectivity index (χ2n) is 8.35. The fourth-order valence-electron chi connectivity index (χ4n) is 4.11. The number of hydrogen-bond donors (Lipinski definition) is 1. The van der Waals surface area contributed by atoms with Gasteiger partial charge in [0.1, 0.15) is 23.5 Å². The summed E-state index contributed by atoms with van der Waals surface area (Å²) < 4.78 is 56.7. The third kappa shape index (κ3) is 3.30. The molecule has 0 aliphatic heterocycles. The van der Waals surface area contributed by atoms with Gasteiger partial charge >= 0.3 is 0 Å². The molecule has 2 aliphatic rings. The summed E-state index contributed by atoms with van der Waals surface area (Å²) in [4.78, 5) is 4.28. The maximum Gasteiger partial charge on any atom is 0.242 e. The van der Waals surface area contributed by atoms with Gasteiger partial charge in [-0.05, 0) is 62.4 Å². The Morgan fingerprint density at radius 1 is 1.26 bits per heavy atom. The number of sulfonamides is 1. The van der Waals surface area contributed by atoms with Crippen molar-refractivity contribution in [3.63, 3.8) is 0 Å². The van der Waals surface area contributed by atoms with Gasteiger partial charge < -0.3 is 4.57 Å². The van der Waals surface area contributed by atoms with Crippen LogP contribution in [-0.2, 0) is 10.0 Å². The monoisotopic (exact) mass is 442 g/mol. The van der Waals surface area contributed by atoms with Crippen LogP contribution in [0.2, 0.25) is 0 Å². The Kier molecular flexibility index (Phi) is 4.61. The third-order valence-electron chi connectivity index (χ3n) is 6.27. The molecule has 2 fully saturated rings. The molecule has 2 saturated carbocycles. The fraction of sp³-hybridized carbons (Fsp3) is 0.364. The van der Waals surface area contributed by atoms with E-state index in [2.05, 4.69) is 15.8 Å². The van der Waals surface area contributed by atoms with Gasteiger partial charge in [0, 0.05) is 17.6 Å². The van der Waals surface area contributed by atoms with E-state index in [1.54, 1.807) is 12.1 Å². The minimum atomic E-state index is -3.91. The molecule has 2 aromatic heterocycles. The van der Waals surface area contributed by atoms with Gasteiger partial charge in [0.2, 0.25) is 10.0 Å². The molecule has 0 saturated heterocycles. The average molecular weight is 442 g/mol. The Morgan fingerprint density at radius 3 is 2.58 bits per heavy atom. The first-order valence-electron chi connectivity index (χ1n) is 10.2. The number of benzene rings is 1. The predicted octanol–water partition coefficient (Wildman–Crippen LogP) is 4.22. The van der Waals surface area contributed by atoms with Crippen LogP contribution in [0.4, 0.5) is 8.78 Å². The van der Waals surface area contributed by atoms with Gasteiger partial charge in [0.15, 0.2) is 0 Å². The van der Waals surface area contributed by atoms with E-state index in [-0.39, 0.29) is 10.9 Å². The predicted molar refractivity (Wildman–Crippen MR) is 111 cm³/mol. The standard InChI is InChI=1S/C22H20F2N4O2S/c23-13-22(8-9-22)27-31(29,30)16-5-6-19(26-12-16)21-18(11-25)17-10-14(24)4-7-20(17)28(21)15-2-1-3-15/h4-7,10,12,15,27H,1-3,8-9,13H2. The van der Waals surface area contributed by atoms with Gasteiger partial charge in [-0.2, -0.15) is 5.26 Å². The van der Waals surface area contributed by atoms with Crippen molar-refractivity contribution in [1.29, 1.82) is 5.26 Å². The molecule has 0 atom stereocenters. The van der Waals surface area contributed by atoms with E-state index < -0.39 is 28.1 Å². The summed E-state index contributed by atoms with van der Waals surface area (Å²) in [5.74, 6) is -0.427. The Labute approximate surface area is 178 Å². The van der Waals surface area contributed by atoms with E-state index in [0.717, 1.165) is 24.8 Å². The summed E-state index contributed by atoms with van der Waals surface area (Å²) in [5, 5.41) is 10.4. The number of nitrogens with one attached hydrogen (secondary N) is 1. The molecule has 5 rings (SSSR count). The van der Waals surface area contributed by atoms with Crippen LogP contribution in [0.5, 0.6) is 0 Å². The van der Waals surface area contributed by atoms with Crippen molar-refractivity contribution in [2.45, 2.75) is 48.6 Å². The normalized spacial score (nSPS) is 18.0. The number of pyridine rings is 1. The van der Waals surface area contributed by atoms with Gasteiger partial charge in [-0.25, -0.2) is 21.9 Å². The Bertz CT molecular complexity index is 1320. The lowest BCUT2D eigenvalue weighted by atomic mass is 9.92. The van der Waals surface area contributed by atoms with Crippen molar-refractivity contribution >= 4 is 20.9 Å². The van der Waals surface area contributed by atoms with Crippen molar-refractivity contribution < 1.29 is 17.2 Å². The SMILES string of the molecule is N#Cc1c(-c2ccc(S(=O)(=O)NC3(CF)CC3)cn2)n(C2CCC2)c2ccc(F)cc12. The van der Waals surface area contributed by atoms with Gasteiger partial charge in [-0.15, -0.1) is 0 Å². The molecule has 160 valence electrons. The zero-order valence-corrected chi connectivity index (χ0v) is 17.4. The van der Waals surface area contributed by atoms with E-state index in [1.165, 1.54) is 24.4 Å². The van der Waals surface area contributed by atoms with Crippen LogP contribution in [-0.4, -0.2) is 30.2 Å². The molecule has 2 aliphatic carbocycles. The molecule has 31 heavy (non-hydrogen) atoms. The van der Waals surface area contributed by atoms with E-state index in [1.807, 2.05) is 4.57 Å².